The van der Waals surface area contributed by atoms with Gasteiger partial charge in [0.1, 0.15) is 18.2 Å². The number of aryl methyl sites for hydroxylation is 1. The lowest BCUT2D eigenvalue weighted by Gasteiger charge is -2.11. The zero-order valence-corrected chi connectivity index (χ0v) is 10.5. The Balaban J connectivity index is 2.19. The molecular weight excluding hydrogens is 243 g/mol. The van der Waals surface area contributed by atoms with Crippen molar-refractivity contribution >= 4 is 5.69 Å². The first-order valence-electron chi connectivity index (χ1n) is 5.77. The standard InChI is InChI=1S/C15H13FN2O/c1-10-3-2-4-14(18)15(10)19-9-12-5-11(8-17)6-13(16)7-12/h2-7H,9,18H2,1H3. The van der Waals surface area contributed by atoms with Gasteiger partial charge in [0, 0.05) is 0 Å². The van der Waals surface area contributed by atoms with E-state index < -0.39 is 5.82 Å². The molecule has 0 aliphatic heterocycles. The van der Waals surface area contributed by atoms with Gasteiger partial charge in [0.2, 0.25) is 0 Å². The van der Waals surface area contributed by atoms with E-state index in [-0.39, 0.29) is 12.2 Å². The quantitative estimate of drug-likeness (QED) is 0.858. The van der Waals surface area contributed by atoms with Gasteiger partial charge >= 0.3 is 0 Å². The summed E-state index contributed by atoms with van der Waals surface area (Å²) in [4.78, 5) is 0. The number of ether oxygens (including phenoxy) is 1. The third-order valence-corrected chi connectivity index (χ3v) is 2.71. The molecule has 0 aromatic heterocycles. The predicted octanol–water partition coefficient (Wildman–Crippen LogP) is 3.17. The number of hydrogen-bond acceptors (Lipinski definition) is 3. The van der Waals surface area contributed by atoms with Crippen LogP contribution in [0, 0.1) is 24.1 Å². The fourth-order valence-corrected chi connectivity index (χ4v) is 1.83. The van der Waals surface area contributed by atoms with Crippen LogP contribution < -0.4 is 10.5 Å². The molecule has 0 fully saturated rings. The number of anilines is 1. The van der Waals surface area contributed by atoms with E-state index in [0.29, 0.717) is 17.0 Å². The molecule has 0 unspecified atom stereocenters. The zero-order valence-electron chi connectivity index (χ0n) is 10.5. The lowest BCUT2D eigenvalue weighted by atomic mass is 10.1. The SMILES string of the molecule is Cc1cccc(N)c1OCc1cc(F)cc(C#N)c1. The monoisotopic (exact) mass is 256 g/mol. The van der Waals surface area contributed by atoms with Crippen molar-refractivity contribution in [1.82, 2.24) is 0 Å². The average Bonchev–Trinajstić information content (AvgIpc) is 2.37. The normalized spacial score (nSPS) is 9.95. The van der Waals surface area contributed by atoms with Crippen LogP contribution in [0.3, 0.4) is 0 Å². The maximum atomic E-state index is 13.3. The van der Waals surface area contributed by atoms with E-state index in [0.717, 1.165) is 5.56 Å². The van der Waals surface area contributed by atoms with E-state index in [1.54, 1.807) is 12.1 Å². The van der Waals surface area contributed by atoms with E-state index in [4.69, 9.17) is 15.7 Å². The molecule has 0 spiro atoms. The van der Waals surface area contributed by atoms with Crippen molar-refractivity contribution in [1.29, 1.82) is 5.26 Å². The molecule has 4 heteroatoms. The first-order chi connectivity index (χ1) is 9.10. The third-order valence-electron chi connectivity index (χ3n) is 2.71. The molecule has 0 atom stereocenters. The molecule has 2 rings (SSSR count). The molecule has 0 aliphatic rings. The second-order valence-electron chi connectivity index (χ2n) is 4.24. The van der Waals surface area contributed by atoms with Crippen molar-refractivity contribution in [3.05, 3.63) is 58.9 Å². The Morgan fingerprint density at radius 3 is 2.79 bits per heavy atom. The maximum absolute atomic E-state index is 13.3. The first kappa shape index (κ1) is 12.9. The Kier molecular flexibility index (Phi) is 3.67. The highest BCUT2D eigenvalue weighted by Gasteiger charge is 2.06. The topological polar surface area (TPSA) is 59.0 Å². The second kappa shape index (κ2) is 5.40. The van der Waals surface area contributed by atoms with Crippen molar-refractivity contribution in [2.75, 3.05) is 5.73 Å². The Bertz CT molecular complexity index is 627. The van der Waals surface area contributed by atoms with Gasteiger partial charge in [0.05, 0.1) is 17.3 Å². The molecule has 2 N–H and O–H groups in total. The molecule has 2 aromatic carbocycles. The zero-order chi connectivity index (χ0) is 13.8. The maximum Gasteiger partial charge on any atom is 0.145 e. The fourth-order valence-electron chi connectivity index (χ4n) is 1.83. The minimum Gasteiger partial charge on any atom is -0.486 e. The molecule has 0 heterocycles. The highest BCUT2D eigenvalue weighted by atomic mass is 19.1. The largest absolute Gasteiger partial charge is 0.486 e. The Labute approximate surface area is 111 Å². The van der Waals surface area contributed by atoms with Gasteiger partial charge in [-0.3, -0.25) is 0 Å². The first-order valence-corrected chi connectivity index (χ1v) is 5.77. The lowest BCUT2D eigenvalue weighted by Crippen LogP contribution is -2.01. The molecule has 0 saturated carbocycles. The van der Waals surface area contributed by atoms with Gasteiger partial charge in [-0.1, -0.05) is 12.1 Å². The van der Waals surface area contributed by atoms with Crippen molar-refractivity contribution in [2.24, 2.45) is 0 Å². The van der Waals surface area contributed by atoms with Gasteiger partial charge in [0.25, 0.3) is 0 Å². The smallest absolute Gasteiger partial charge is 0.145 e. The number of rotatable bonds is 3. The summed E-state index contributed by atoms with van der Waals surface area (Å²) in [7, 11) is 0. The molecule has 0 aliphatic carbocycles. The molecule has 3 nitrogen and oxygen atoms in total. The summed E-state index contributed by atoms with van der Waals surface area (Å²) in [5.74, 6) is 0.140. The van der Waals surface area contributed by atoms with Gasteiger partial charge in [-0.2, -0.15) is 5.26 Å². The summed E-state index contributed by atoms with van der Waals surface area (Å²) < 4.78 is 18.9. The van der Waals surface area contributed by atoms with Crippen LogP contribution in [-0.4, -0.2) is 0 Å². The lowest BCUT2D eigenvalue weighted by molar-refractivity contribution is 0.305. The molecule has 96 valence electrons. The summed E-state index contributed by atoms with van der Waals surface area (Å²) in [5.41, 5.74) is 8.14. The summed E-state index contributed by atoms with van der Waals surface area (Å²) >= 11 is 0. The number of para-hydroxylation sites is 1. The van der Waals surface area contributed by atoms with E-state index in [2.05, 4.69) is 0 Å². The highest BCUT2D eigenvalue weighted by molar-refractivity contribution is 5.56. The number of nitrogens with two attached hydrogens (primary N) is 1. The second-order valence-corrected chi connectivity index (χ2v) is 4.24. The van der Waals surface area contributed by atoms with Crippen molar-refractivity contribution in [2.45, 2.75) is 13.5 Å². The van der Waals surface area contributed by atoms with Gasteiger partial charge < -0.3 is 10.5 Å². The van der Waals surface area contributed by atoms with Crippen LogP contribution in [0.2, 0.25) is 0 Å². The minimum absolute atomic E-state index is 0.168. The van der Waals surface area contributed by atoms with Crippen molar-refractivity contribution in [3.8, 4) is 11.8 Å². The molecule has 0 amide bonds. The van der Waals surface area contributed by atoms with Gasteiger partial charge in [-0.05, 0) is 42.3 Å². The molecule has 0 bridgehead atoms. The van der Waals surface area contributed by atoms with Gasteiger partial charge in [-0.25, -0.2) is 4.39 Å². The van der Waals surface area contributed by atoms with Crippen LogP contribution in [0.15, 0.2) is 36.4 Å². The Morgan fingerprint density at radius 2 is 2.11 bits per heavy atom. The Morgan fingerprint density at radius 1 is 1.32 bits per heavy atom. The van der Waals surface area contributed by atoms with Gasteiger partial charge in [0.15, 0.2) is 0 Å². The summed E-state index contributed by atoms with van der Waals surface area (Å²) in [6.45, 7) is 2.06. The fraction of sp³-hybridized carbons (Fsp3) is 0.133. The molecule has 2 aromatic rings. The van der Waals surface area contributed by atoms with Crippen LogP contribution >= 0.6 is 0 Å². The van der Waals surface area contributed by atoms with Crippen molar-refractivity contribution < 1.29 is 9.13 Å². The molecule has 19 heavy (non-hydrogen) atoms. The van der Waals surface area contributed by atoms with E-state index in [1.165, 1.54) is 12.1 Å². The van der Waals surface area contributed by atoms with Gasteiger partial charge in [-0.15, -0.1) is 0 Å². The van der Waals surface area contributed by atoms with Crippen LogP contribution in [0.1, 0.15) is 16.7 Å². The number of halogens is 1. The van der Waals surface area contributed by atoms with E-state index in [1.807, 2.05) is 25.1 Å². The van der Waals surface area contributed by atoms with E-state index in [9.17, 15) is 4.39 Å². The van der Waals surface area contributed by atoms with Crippen LogP contribution in [-0.2, 0) is 6.61 Å². The third kappa shape index (κ3) is 3.02. The average molecular weight is 256 g/mol. The summed E-state index contributed by atoms with van der Waals surface area (Å²) in [6.07, 6.45) is 0. The number of hydrogen-bond donors (Lipinski definition) is 1. The molecule has 0 radical (unpaired) electrons. The van der Waals surface area contributed by atoms with Crippen LogP contribution in [0.5, 0.6) is 5.75 Å². The van der Waals surface area contributed by atoms with Crippen LogP contribution in [0.25, 0.3) is 0 Å². The van der Waals surface area contributed by atoms with E-state index >= 15 is 0 Å². The predicted molar refractivity (Wildman–Crippen MR) is 71.0 cm³/mol. The number of benzene rings is 2. The number of nitrogens with zero attached hydrogens (tertiary/aromatic N) is 1. The van der Waals surface area contributed by atoms with Crippen molar-refractivity contribution in [3.63, 3.8) is 0 Å². The molecular formula is C15H13FN2O. The van der Waals surface area contributed by atoms with Crippen LogP contribution in [0.4, 0.5) is 10.1 Å². The minimum atomic E-state index is -0.449. The number of nitrogen functional groups attached to an aromatic ring is 1. The number of nitriles is 1. The Hall–Kier alpha value is -2.54. The highest BCUT2D eigenvalue weighted by Crippen LogP contribution is 2.26. The summed E-state index contributed by atoms with van der Waals surface area (Å²) in [6, 6.07) is 11.5. The summed E-state index contributed by atoms with van der Waals surface area (Å²) in [5, 5.41) is 8.78. The molecule has 0 saturated heterocycles.